The number of aromatic nitrogens is 3. The maximum Gasteiger partial charge on any atom is 0.260 e. The van der Waals surface area contributed by atoms with Crippen molar-refractivity contribution in [2.75, 3.05) is 19.7 Å². The summed E-state index contributed by atoms with van der Waals surface area (Å²) in [6, 6.07) is 9.61. The Morgan fingerprint density at radius 3 is 2.71 bits per heavy atom. The summed E-state index contributed by atoms with van der Waals surface area (Å²) in [4.78, 5) is 22.8. The van der Waals surface area contributed by atoms with E-state index in [-0.39, 0.29) is 24.2 Å². The Bertz CT molecular complexity index is 950. The van der Waals surface area contributed by atoms with Crippen molar-refractivity contribution in [3.05, 3.63) is 77.9 Å². The fourth-order valence-electron chi connectivity index (χ4n) is 3.30. The fraction of sp³-hybridized carbons (Fsp3) is 0.286. The van der Waals surface area contributed by atoms with E-state index in [0.717, 1.165) is 17.1 Å². The average molecular weight is 380 g/mol. The maximum atomic E-state index is 12.9. The van der Waals surface area contributed by atoms with E-state index in [0.29, 0.717) is 25.4 Å². The molecule has 7 heteroatoms. The van der Waals surface area contributed by atoms with Gasteiger partial charge in [-0.15, -0.1) is 0 Å². The second-order valence-electron chi connectivity index (χ2n) is 6.94. The van der Waals surface area contributed by atoms with Gasteiger partial charge in [-0.2, -0.15) is 0 Å². The van der Waals surface area contributed by atoms with Crippen molar-refractivity contribution < 1.29 is 13.9 Å². The Labute approximate surface area is 162 Å². The molecule has 1 amide bonds. The van der Waals surface area contributed by atoms with Gasteiger partial charge in [-0.1, -0.05) is 6.07 Å². The zero-order valence-corrected chi connectivity index (χ0v) is 15.6. The average Bonchev–Trinajstić information content (AvgIpc) is 3.01. The third-order valence-corrected chi connectivity index (χ3v) is 4.92. The highest BCUT2D eigenvalue weighted by molar-refractivity contribution is 5.78. The summed E-state index contributed by atoms with van der Waals surface area (Å²) in [5.74, 6) is 1.27. The van der Waals surface area contributed by atoms with Gasteiger partial charge in [0.25, 0.3) is 5.91 Å². The smallest absolute Gasteiger partial charge is 0.260 e. The Kier molecular flexibility index (Phi) is 5.06. The molecule has 28 heavy (non-hydrogen) atoms. The van der Waals surface area contributed by atoms with E-state index < -0.39 is 0 Å². The molecule has 0 saturated carbocycles. The van der Waals surface area contributed by atoms with Crippen molar-refractivity contribution in [2.45, 2.75) is 19.4 Å². The van der Waals surface area contributed by atoms with E-state index in [1.165, 1.54) is 24.3 Å². The first-order valence-corrected chi connectivity index (χ1v) is 9.17. The number of benzene rings is 1. The Morgan fingerprint density at radius 1 is 1.21 bits per heavy atom. The Balaban J connectivity index is 1.33. The number of carbonyl (C=O) groups is 1. The Hall–Kier alpha value is -3.22. The van der Waals surface area contributed by atoms with Crippen molar-refractivity contribution in [3.8, 4) is 5.75 Å². The van der Waals surface area contributed by atoms with Gasteiger partial charge in [-0.05, 0) is 42.8 Å². The van der Waals surface area contributed by atoms with Crippen LogP contribution in [0.2, 0.25) is 0 Å². The standard InChI is InChI=1S/C21H21FN4O2/c1-15-9-24-21(26(15)11-16-3-2-8-23-10-16)17-12-25(13-17)20(27)14-28-19-6-4-18(22)5-7-19/h2-10,17H,11-14H2,1H3. The normalized spacial score (nSPS) is 14.0. The largest absolute Gasteiger partial charge is 0.484 e. The van der Waals surface area contributed by atoms with Crippen LogP contribution in [-0.4, -0.2) is 45.0 Å². The highest BCUT2D eigenvalue weighted by Crippen LogP contribution is 2.27. The van der Waals surface area contributed by atoms with Crippen LogP contribution >= 0.6 is 0 Å². The van der Waals surface area contributed by atoms with Gasteiger partial charge >= 0.3 is 0 Å². The van der Waals surface area contributed by atoms with Crippen molar-refractivity contribution in [2.24, 2.45) is 0 Å². The molecule has 2 aromatic heterocycles. The second kappa shape index (κ2) is 7.80. The van der Waals surface area contributed by atoms with Crippen LogP contribution in [-0.2, 0) is 11.3 Å². The number of rotatable bonds is 6. The molecular formula is C21H21FN4O2. The van der Waals surface area contributed by atoms with Gasteiger partial charge in [0.2, 0.25) is 0 Å². The lowest BCUT2D eigenvalue weighted by molar-refractivity contribution is -0.138. The van der Waals surface area contributed by atoms with E-state index in [4.69, 9.17) is 4.74 Å². The van der Waals surface area contributed by atoms with Gasteiger partial charge in [0, 0.05) is 37.4 Å². The fourth-order valence-corrected chi connectivity index (χ4v) is 3.30. The van der Waals surface area contributed by atoms with Crippen molar-refractivity contribution >= 4 is 5.91 Å². The minimum absolute atomic E-state index is 0.0541. The van der Waals surface area contributed by atoms with Crippen LogP contribution in [0.1, 0.15) is 23.0 Å². The molecule has 6 nitrogen and oxygen atoms in total. The van der Waals surface area contributed by atoms with E-state index >= 15 is 0 Å². The van der Waals surface area contributed by atoms with E-state index in [1.54, 1.807) is 11.1 Å². The zero-order chi connectivity index (χ0) is 19.5. The highest BCUT2D eigenvalue weighted by Gasteiger charge is 2.34. The van der Waals surface area contributed by atoms with Crippen LogP contribution in [0, 0.1) is 12.7 Å². The maximum absolute atomic E-state index is 12.9. The first-order valence-electron chi connectivity index (χ1n) is 9.17. The van der Waals surface area contributed by atoms with Crippen LogP contribution in [0.3, 0.4) is 0 Å². The molecule has 1 aliphatic rings. The third kappa shape index (κ3) is 3.88. The third-order valence-electron chi connectivity index (χ3n) is 4.92. The molecule has 1 aromatic carbocycles. The molecule has 1 aliphatic heterocycles. The van der Waals surface area contributed by atoms with Gasteiger partial charge in [-0.3, -0.25) is 9.78 Å². The monoisotopic (exact) mass is 380 g/mol. The molecule has 0 N–H and O–H groups in total. The van der Waals surface area contributed by atoms with Crippen molar-refractivity contribution in [1.29, 1.82) is 0 Å². The first-order chi connectivity index (χ1) is 13.6. The lowest BCUT2D eigenvalue weighted by atomic mass is 9.99. The van der Waals surface area contributed by atoms with Crippen molar-refractivity contribution in [1.82, 2.24) is 19.4 Å². The van der Waals surface area contributed by atoms with Gasteiger partial charge in [0.15, 0.2) is 6.61 Å². The lowest BCUT2D eigenvalue weighted by Gasteiger charge is -2.39. The van der Waals surface area contributed by atoms with Gasteiger partial charge in [0.1, 0.15) is 17.4 Å². The molecule has 144 valence electrons. The number of amides is 1. The van der Waals surface area contributed by atoms with Gasteiger partial charge in [0.05, 0.1) is 12.5 Å². The summed E-state index contributed by atoms with van der Waals surface area (Å²) in [5.41, 5.74) is 2.20. The molecule has 0 unspecified atom stereocenters. The van der Waals surface area contributed by atoms with E-state index in [9.17, 15) is 9.18 Å². The second-order valence-corrected chi connectivity index (χ2v) is 6.94. The summed E-state index contributed by atoms with van der Waals surface area (Å²) >= 11 is 0. The number of hydrogen-bond donors (Lipinski definition) is 0. The number of nitrogens with zero attached hydrogens (tertiary/aromatic N) is 4. The van der Waals surface area contributed by atoms with Gasteiger partial charge < -0.3 is 14.2 Å². The molecule has 0 bridgehead atoms. The van der Waals surface area contributed by atoms with Crippen LogP contribution in [0.25, 0.3) is 0 Å². The summed E-state index contributed by atoms with van der Waals surface area (Å²) in [6.07, 6.45) is 5.48. The predicted molar refractivity (Wildman–Crippen MR) is 102 cm³/mol. The highest BCUT2D eigenvalue weighted by atomic mass is 19.1. The number of imidazole rings is 1. The summed E-state index contributed by atoms with van der Waals surface area (Å²) in [5, 5.41) is 0. The minimum atomic E-state index is -0.332. The summed E-state index contributed by atoms with van der Waals surface area (Å²) in [7, 11) is 0. The molecule has 1 saturated heterocycles. The molecule has 3 heterocycles. The van der Waals surface area contributed by atoms with Crippen LogP contribution < -0.4 is 4.74 Å². The molecular weight excluding hydrogens is 359 g/mol. The molecule has 0 spiro atoms. The number of likely N-dealkylation sites (tertiary alicyclic amines) is 1. The number of ether oxygens (including phenoxy) is 1. The summed E-state index contributed by atoms with van der Waals surface area (Å²) < 4.78 is 20.5. The predicted octanol–water partition coefficient (Wildman–Crippen LogP) is 2.78. The van der Waals surface area contributed by atoms with Crippen LogP contribution in [0.15, 0.2) is 55.0 Å². The Morgan fingerprint density at radius 2 is 2.00 bits per heavy atom. The van der Waals surface area contributed by atoms with Gasteiger partial charge in [-0.25, -0.2) is 9.37 Å². The molecule has 0 radical (unpaired) electrons. The van der Waals surface area contributed by atoms with Crippen LogP contribution in [0.5, 0.6) is 5.75 Å². The lowest BCUT2D eigenvalue weighted by Crippen LogP contribution is -2.51. The first kappa shape index (κ1) is 18.2. The molecule has 3 aromatic rings. The van der Waals surface area contributed by atoms with E-state index in [2.05, 4.69) is 14.5 Å². The molecule has 1 fully saturated rings. The zero-order valence-electron chi connectivity index (χ0n) is 15.6. The summed E-state index contributed by atoms with van der Waals surface area (Å²) in [6.45, 7) is 3.93. The number of pyridine rings is 1. The SMILES string of the molecule is Cc1cnc(C2CN(C(=O)COc3ccc(F)cc3)C2)n1Cc1cccnc1. The number of hydrogen-bond acceptors (Lipinski definition) is 4. The number of carbonyl (C=O) groups excluding carboxylic acids is 1. The molecule has 0 atom stereocenters. The number of halogens is 1. The van der Waals surface area contributed by atoms with E-state index in [1.807, 2.05) is 31.5 Å². The van der Waals surface area contributed by atoms with Crippen molar-refractivity contribution in [3.63, 3.8) is 0 Å². The molecule has 4 rings (SSSR count). The minimum Gasteiger partial charge on any atom is -0.484 e. The molecule has 0 aliphatic carbocycles. The quantitative estimate of drug-likeness (QED) is 0.660. The topological polar surface area (TPSA) is 60.3 Å². The van der Waals surface area contributed by atoms with Crippen LogP contribution in [0.4, 0.5) is 4.39 Å². The number of aryl methyl sites for hydroxylation is 1.